The van der Waals surface area contributed by atoms with E-state index in [4.69, 9.17) is 5.11 Å². The van der Waals surface area contributed by atoms with E-state index in [-0.39, 0.29) is 29.6 Å². The number of aromatic nitrogens is 3. The number of aromatic carboxylic acids is 1. The molecule has 154 valence electrons. The summed E-state index contributed by atoms with van der Waals surface area (Å²) in [5.74, 6) is -0.942. The molecule has 0 fully saturated rings. The highest BCUT2D eigenvalue weighted by Gasteiger charge is 2.15. The monoisotopic (exact) mass is 425 g/mol. The van der Waals surface area contributed by atoms with Crippen molar-refractivity contribution < 1.29 is 19.5 Å². The highest BCUT2D eigenvalue weighted by Crippen LogP contribution is 2.17. The zero-order chi connectivity index (χ0) is 21.5. The summed E-state index contributed by atoms with van der Waals surface area (Å²) in [7, 11) is 1.73. The summed E-state index contributed by atoms with van der Waals surface area (Å²) in [4.78, 5) is 35.2. The molecule has 0 saturated heterocycles. The Hall–Kier alpha value is -3.66. The normalized spacial score (nSPS) is 10.4. The first-order chi connectivity index (χ1) is 14.4. The molecule has 0 aliphatic heterocycles. The molecule has 3 aromatic rings. The van der Waals surface area contributed by atoms with Crippen LogP contribution in [0.1, 0.15) is 16.2 Å². The lowest BCUT2D eigenvalue weighted by Crippen LogP contribution is -2.17. The van der Waals surface area contributed by atoms with Crippen molar-refractivity contribution in [2.45, 2.75) is 11.6 Å². The van der Waals surface area contributed by atoms with E-state index in [0.29, 0.717) is 22.4 Å². The van der Waals surface area contributed by atoms with E-state index in [1.165, 1.54) is 36.0 Å². The number of carbonyl (C=O) groups is 3. The third-order valence-electron chi connectivity index (χ3n) is 4.05. The van der Waals surface area contributed by atoms with E-state index in [9.17, 15) is 14.4 Å². The molecule has 3 rings (SSSR count). The van der Waals surface area contributed by atoms with Gasteiger partial charge < -0.3 is 20.3 Å². The Labute approximate surface area is 176 Å². The third-order valence-corrected chi connectivity index (χ3v) is 5.07. The summed E-state index contributed by atoms with van der Waals surface area (Å²) in [6.07, 6.45) is 0.0566. The molecule has 10 heteroatoms. The Morgan fingerprint density at radius 1 is 0.933 bits per heavy atom. The fraction of sp³-hybridized carbons (Fsp3) is 0.150. The van der Waals surface area contributed by atoms with Crippen LogP contribution in [0.25, 0.3) is 0 Å². The predicted octanol–water partition coefficient (Wildman–Crippen LogP) is 2.43. The highest BCUT2D eigenvalue weighted by atomic mass is 32.2. The first-order valence-corrected chi connectivity index (χ1v) is 9.90. The maximum absolute atomic E-state index is 12.2. The van der Waals surface area contributed by atoms with E-state index < -0.39 is 5.97 Å². The number of hydrogen-bond donors (Lipinski definition) is 3. The van der Waals surface area contributed by atoms with Crippen LogP contribution >= 0.6 is 11.8 Å². The van der Waals surface area contributed by atoms with Crippen LogP contribution in [0.15, 0.2) is 59.8 Å². The first-order valence-electron chi connectivity index (χ1n) is 8.91. The quantitative estimate of drug-likeness (QED) is 0.473. The van der Waals surface area contributed by atoms with Crippen molar-refractivity contribution in [3.05, 3.63) is 66.0 Å². The van der Waals surface area contributed by atoms with Gasteiger partial charge in [0, 0.05) is 18.4 Å². The molecule has 0 bridgehead atoms. The smallest absolute Gasteiger partial charge is 0.335 e. The van der Waals surface area contributed by atoms with Gasteiger partial charge >= 0.3 is 5.97 Å². The zero-order valence-corrected chi connectivity index (χ0v) is 16.8. The van der Waals surface area contributed by atoms with Crippen molar-refractivity contribution in [2.24, 2.45) is 7.05 Å². The summed E-state index contributed by atoms with van der Waals surface area (Å²) in [5, 5.41) is 22.9. The van der Waals surface area contributed by atoms with Gasteiger partial charge in [0.2, 0.25) is 11.8 Å². The number of carbonyl (C=O) groups excluding carboxylic acids is 2. The topological polar surface area (TPSA) is 126 Å². The number of carboxylic acids is 1. The molecule has 2 amide bonds. The van der Waals surface area contributed by atoms with Crippen LogP contribution < -0.4 is 10.6 Å². The van der Waals surface area contributed by atoms with E-state index in [1.54, 1.807) is 23.7 Å². The van der Waals surface area contributed by atoms with E-state index in [2.05, 4.69) is 20.8 Å². The zero-order valence-electron chi connectivity index (χ0n) is 16.0. The van der Waals surface area contributed by atoms with Crippen LogP contribution in [0.3, 0.4) is 0 Å². The van der Waals surface area contributed by atoms with E-state index in [0.717, 1.165) is 0 Å². The fourth-order valence-electron chi connectivity index (χ4n) is 2.52. The maximum Gasteiger partial charge on any atom is 0.335 e. The van der Waals surface area contributed by atoms with Crippen molar-refractivity contribution in [3.63, 3.8) is 0 Å². The van der Waals surface area contributed by atoms with Crippen LogP contribution in [0.2, 0.25) is 0 Å². The molecule has 0 spiro atoms. The third kappa shape index (κ3) is 5.67. The van der Waals surface area contributed by atoms with Gasteiger partial charge in [-0.25, -0.2) is 4.79 Å². The SMILES string of the molecule is Cn1c(CC(=O)Nc2ccccc2)nnc1SCC(=O)Nc1ccc(C(=O)O)cc1. The van der Waals surface area contributed by atoms with Crippen LogP contribution in [-0.4, -0.2) is 43.4 Å². The number of thioether (sulfide) groups is 1. The number of nitrogens with one attached hydrogen (secondary N) is 2. The van der Waals surface area contributed by atoms with Crippen LogP contribution in [-0.2, 0) is 23.1 Å². The van der Waals surface area contributed by atoms with Gasteiger partial charge in [0.15, 0.2) is 5.16 Å². The number of hydrogen-bond acceptors (Lipinski definition) is 6. The molecule has 2 aromatic carbocycles. The summed E-state index contributed by atoms with van der Waals surface area (Å²) in [5.41, 5.74) is 1.35. The number of benzene rings is 2. The molecule has 9 nitrogen and oxygen atoms in total. The van der Waals surface area contributed by atoms with Gasteiger partial charge in [-0.05, 0) is 36.4 Å². The molecule has 0 saturated carbocycles. The summed E-state index contributed by atoms with van der Waals surface area (Å²) in [6, 6.07) is 15.0. The molecule has 3 N–H and O–H groups in total. The van der Waals surface area contributed by atoms with Crippen molar-refractivity contribution in [1.82, 2.24) is 14.8 Å². The molecule has 30 heavy (non-hydrogen) atoms. The van der Waals surface area contributed by atoms with Gasteiger partial charge in [-0.2, -0.15) is 0 Å². The first kappa shape index (κ1) is 21.1. The van der Waals surface area contributed by atoms with E-state index >= 15 is 0 Å². The summed E-state index contributed by atoms with van der Waals surface area (Å²) in [6.45, 7) is 0. The summed E-state index contributed by atoms with van der Waals surface area (Å²) < 4.78 is 1.67. The van der Waals surface area contributed by atoms with Crippen molar-refractivity contribution in [2.75, 3.05) is 16.4 Å². The Balaban J connectivity index is 1.51. The number of carboxylic acid groups (broad SMARTS) is 1. The van der Waals surface area contributed by atoms with Gasteiger partial charge in [0.05, 0.1) is 17.7 Å². The molecule has 0 atom stereocenters. The van der Waals surface area contributed by atoms with Gasteiger partial charge in [-0.1, -0.05) is 30.0 Å². The Morgan fingerprint density at radius 2 is 1.57 bits per heavy atom. The van der Waals surface area contributed by atoms with Gasteiger partial charge in [-0.3, -0.25) is 9.59 Å². The number of para-hydroxylation sites is 1. The maximum atomic E-state index is 12.2. The number of amides is 2. The van der Waals surface area contributed by atoms with Crippen LogP contribution in [0.5, 0.6) is 0 Å². The molecule has 0 radical (unpaired) electrons. The second kappa shape index (κ2) is 9.70. The lowest BCUT2D eigenvalue weighted by Gasteiger charge is -2.07. The minimum atomic E-state index is -1.03. The van der Waals surface area contributed by atoms with Gasteiger partial charge in [0.1, 0.15) is 5.82 Å². The average Bonchev–Trinajstić information content (AvgIpc) is 3.07. The van der Waals surface area contributed by atoms with Gasteiger partial charge in [-0.15, -0.1) is 10.2 Å². The number of rotatable bonds is 8. The average molecular weight is 425 g/mol. The highest BCUT2D eigenvalue weighted by molar-refractivity contribution is 7.99. The molecule has 0 aliphatic rings. The minimum absolute atomic E-state index is 0.0566. The van der Waals surface area contributed by atoms with E-state index in [1.807, 2.05) is 18.2 Å². The standard InChI is InChI=1S/C20H19N5O4S/c1-25-16(11-17(26)21-14-5-3-2-4-6-14)23-24-20(25)30-12-18(27)22-15-9-7-13(8-10-15)19(28)29/h2-10H,11-12H2,1H3,(H,21,26)(H,22,27)(H,28,29). The molecule has 0 aliphatic carbocycles. The van der Waals surface area contributed by atoms with Crippen molar-refractivity contribution in [1.29, 1.82) is 0 Å². The predicted molar refractivity (Wildman–Crippen MR) is 113 cm³/mol. The fourth-order valence-corrected chi connectivity index (χ4v) is 3.25. The second-order valence-corrected chi connectivity index (χ2v) is 7.21. The Bertz CT molecular complexity index is 1050. The Kier molecular flexibility index (Phi) is 6.81. The van der Waals surface area contributed by atoms with Crippen LogP contribution in [0, 0.1) is 0 Å². The van der Waals surface area contributed by atoms with Crippen molar-refractivity contribution >= 4 is 40.9 Å². The minimum Gasteiger partial charge on any atom is -0.478 e. The second-order valence-electron chi connectivity index (χ2n) is 6.27. The van der Waals surface area contributed by atoms with Crippen molar-refractivity contribution in [3.8, 4) is 0 Å². The lowest BCUT2D eigenvalue weighted by molar-refractivity contribution is -0.116. The number of nitrogens with zero attached hydrogens (tertiary/aromatic N) is 3. The molecule has 1 heterocycles. The largest absolute Gasteiger partial charge is 0.478 e. The van der Waals surface area contributed by atoms with Gasteiger partial charge in [0.25, 0.3) is 0 Å². The number of anilines is 2. The molecular formula is C20H19N5O4S. The molecule has 1 aromatic heterocycles. The Morgan fingerprint density at radius 3 is 2.23 bits per heavy atom. The molecule has 0 unspecified atom stereocenters. The molecular weight excluding hydrogens is 406 g/mol. The van der Waals surface area contributed by atoms with Crippen LogP contribution in [0.4, 0.5) is 11.4 Å². The summed E-state index contributed by atoms with van der Waals surface area (Å²) >= 11 is 1.19. The lowest BCUT2D eigenvalue weighted by atomic mass is 10.2.